The Bertz CT molecular complexity index is 690. The Morgan fingerprint density at radius 1 is 1.16 bits per heavy atom. The fraction of sp³-hybridized carbons (Fsp3) is 0.682. The summed E-state index contributed by atoms with van der Waals surface area (Å²) in [6, 6.07) is 5.34. The Kier molecular flexibility index (Phi) is 9.90. The molecule has 2 rings (SSSR count). The topological polar surface area (TPSA) is 52.1 Å². The van der Waals surface area contributed by atoms with E-state index < -0.39 is 11.7 Å². The van der Waals surface area contributed by atoms with Gasteiger partial charge in [0, 0.05) is 38.8 Å². The molecule has 0 bridgehead atoms. The lowest BCUT2D eigenvalue weighted by Crippen LogP contribution is -2.49. The number of hydrogen-bond acceptors (Lipinski definition) is 4. The van der Waals surface area contributed by atoms with Gasteiger partial charge in [-0.2, -0.15) is 13.2 Å². The van der Waals surface area contributed by atoms with Crippen molar-refractivity contribution < 1.29 is 17.9 Å². The van der Waals surface area contributed by atoms with Gasteiger partial charge in [0.05, 0.1) is 18.7 Å². The lowest BCUT2D eigenvalue weighted by Gasteiger charge is -2.35. The van der Waals surface area contributed by atoms with Gasteiger partial charge in [0.25, 0.3) is 0 Å². The lowest BCUT2D eigenvalue weighted by molar-refractivity contribution is -0.137. The van der Waals surface area contributed by atoms with E-state index in [0.717, 1.165) is 44.9 Å². The molecule has 31 heavy (non-hydrogen) atoms. The van der Waals surface area contributed by atoms with Crippen LogP contribution in [0, 0.1) is 0 Å². The predicted molar refractivity (Wildman–Crippen MR) is 119 cm³/mol. The summed E-state index contributed by atoms with van der Waals surface area (Å²) < 4.78 is 44.6. The number of aliphatic imine (C=N–C) groups is 1. The number of rotatable bonds is 9. The van der Waals surface area contributed by atoms with E-state index in [9.17, 15) is 13.2 Å². The van der Waals surface area contributed by atoms with Gasteiger partial charge < -0.3 is 20.3 Å². The van der Waals surface area contributed by atoms with Gasteiger partial charge in [-0.15, -0.1) is 0 Å². The molecule has 176 valence electrons. The quantitative estimate of drug-likeness (QED) is 0.454. The molecule has 6 nitrogen and oxygen atoms in total. The molecular formula is C22H36F3N5O. The van der Waals surface area contributed by atoms with Gasteiger partial charge in [0.1, 0.15) is 11.9 Å². The maximum atomic E-state index is 12.9. The van der Waals surface area contributed by atoms with Crippen molar-refractivity contribution in [1.29, 1.82) is 0 Å². The van der Waals surface area contributed by atoms with Crippen molar-refractivity contribution in [2.45, 2.75) is 45.5 Å². The third-order valence-electron chi connectivity index (χ3n) is 5.44. The number of alkyl halides is 3. The third-order valence-corrected chi connectivity index (χ3v) is 5.44. The largest absolute Gasteiger partial charge is 0.489 e. The summed E-state index contributed by atoms with van der Waals surface area (Å²) in [6.45, 7) is 12.2. The molecule has 0 aromatic heterocycles. The monoisotopic (exact) mass is 443 g/mol. The molecule has 0 spiro atoms. The van der Waals surface area contributed by atoms with Crippen LogP contribution in [0.3, 0.4) is 0 Å². The Hall–Kier alpha value is -2.00. The average molecular weight is 444 g/mol. The number of ether oxygens (including phenoxy) is 1. The maximum absolute atomic E-state index is 12.9. The Labute approximate surface area is 183 Å². The Balaban J connectivity index is 1.90. The number of halogens is 3. The standard InChI is InChI=1S/C22H36F3N5O/c1-5-19(31-20-9-7-8-18(14-20)22(23,24)25)16-28-21(26-6-2)27-15-17(3)30-12-10-29(4)11-13-30/h7-9,14,17,19H,5-6,10-13,15-16H2,1-4H3,(H2,26,27,28). The third kappa shape index (κ3) is 8.57. The Morgan fingerprint density at radius 2 is 1.87 bits per heavy atom. The van der Waals surface area contributed by atoms with E-state index in [1.807, 2.05) is 13.8 Å². The van der Waals surface area contributed by atoms with Crippen LogP contribution in [0.4, 0.5) is 13.2 Å². The van der Waals surface area contributed by atoms with Gasteiger partial charge in [-0.1, -0.05) is 13.0 Å². The van der Waals surface area contributed by atoms with Crippen LogP contribution in [0.25, 0.3) is 0 Å². The number of piperazine rings is 1. The first kappa shape index (κ1) is 25.3. The van der Waals surface area contributed by atoms with E-state index in [2.05, 4.69) is 34.4 Å². The molecule has 0 radical (unpaired) electrons. The molecule has 2 atom stereocenters. The molecule has 1 heterocycles. The minimum atomic E-state index is -4.38. The van der Waals surface area contributed by atoms with E-state index in [-0.39, 0.29) is 11.9 Å². The molecule has 9 heteroatoms. The lowest BCUT2D eigenvalue weighted by atomic mass is 10.2. The summed E-state index contributed by atoms with van der Waals surface area (Å²) in [5.41, 5.74) is -0.708. The Morgan fingerprint density at radius 3 is 2.48 bits per heavy atom. The van der Waals surface area contributed by atoms with Crippen LogP contribution in [-0.4, -0.2) is 80.8 Å². The SMILES string of the molecule is CCNC(=NCC(C)N1CCN(C)CC1)NCC(CC)Oc1cccc(C(F)(F)F)c1. The minimum Gasteiger partial charge on any atom is -0.489 e. The molecule has 1 aliphatic heterocycles. The fourth-order valence-electron chi connectivity index (χ4n) is 3.36. The first-order valence-corrected chi connectivity index (χ1v) is 11.0. The normalized spacial score (nSPS) is 18.5. The maximum Gasteiger partial charge on any atom is 0.416 e. The van der Waals surface area contributed by atoms with Crippen molar-refractivity contribution in [3.05, 3.63) is 29.8 Å². The van der Waals surface area contributed by atoms with E-state index in [4.69, 9.17) is 9.73 Å². The van der Waals surface area contributed by atoms with E-state index in [0.29, 0.717) is 31.5 Å². The number of likely N-dealkylation sites (N-methyl/N-ethyl adjacent to an activating group) is 1. The van der Waals surface area contributed by atoms with Crippen molar-refractivity contribution in [3.63, 3.8) is 0 Å². The van der Waals surface area contributed by atoms with Crippen LogP contribution in [0.5, 0.6) is 5.75 Å². The smallest absolute Gasteiger partial charge is 0.416 e. The second-order valence-electron chi connectivity index (χ2n) is 7.96. The van der Waals surface area contributed by atoms with Gasteiger partial charge in [0.2, 0.25) is 0 Å². The first-order valence-electron chi connectivity index (χ1n) is 11.0. The summed E-state index contributed by atoms with van der Waals surface area (Å²) in [7, 11) is 2.14. The molecule has 1 aromatic rings. The molecular weight excluding hydrogens is 407 g/mol. The van der Waals surface area contributed by atoms with Crippen molar-refractivity contribution in [2.75, 3.05) is 52.9 Å². The van der Waals surface area contributed by atoms with Gasteiger partial charge >= 0.3 is 6.18 Å². The molecule has 0 saturated carbocycles. The fourth-order valence-corrected chi connectivity index (χ4v) is 3.36. The molecule has 1 saturated heterocycles. The van der Waals surface area contributed by atoms with Gasteiger partial charge in [-0.05, 0) is 45.5 Å². The second kappa shape index (κ2) is 12.1. The zero-order chi connectivity index (χ0) is 22.9. The van der Waals surface area contributed by atoms with Gasteiger partial charge in [-0.25, -0.2) is 0 Å². The molecule has 0 aliphatic carbocycles. The van der Waals surface area contributed by atoms with Crippen LogP contribution >= 0.6 is 0 Å². The molecule has 0 amide bonds. The molecule has 1 aromatic carbocycles. The van der Waals surface area contributed by atoms with Crippen molar-refractivity contribution in [1.82, 2.24) is 20.4 Å². The van der Waals surface area contributed by atoms with E-state index >= 15 is 0 Å². The average Bonchev–Trinajstić information content (AvgIpc) is 2.74. The summed E-state index contributed by atoms with van der Waals surface area (Å²) in [5, 5.41) is 6.50. The van der Waals surface area contributed by atoms with Gasteiger partial charge in [-0.3, -0.25) is 9.89 Å². The van der Waals surface area contributed by atoms with E-state index in [1.165, 1.54) is 6.07 Å². The molecule has 1 fully saturated rings. The number of benzene rings is 1. The minimum absolute atomic E-state index is 0.217. The highest BCUT2D eigenvalue weighted by Crippen LogP contribution is 2.31. The summed E-state index contributed by atoms with van der Waals surface area (Å²) in [6.07, 6.45) is -4.01. The van der Waals surface area contributed by atoms with Crippen LogP contribution in [0.15, 0.2) is 29.3 Å². The number of nitrogens with zero attached hydrogens (tertiary/aromatic N) is 3. The van der Waals surface area contributed by atoms with Crippen LogP contribution in [0.1, 0.15) is 32.8 Å². The number of hydrogen-bond donors (Lipinski definition) is 2. The van der Waals surface area contributed by atoms with Crippen molar-refractivity contribution in [3.8, 4) is 5.75 Å². The van der Waals surface area contributed by atoms with Crippen molar-refractivity contribution in [2.24, 2.45) is 4.99 Å². The summed E-state index contributed by atoms with van der Waals surface area (Å²) in [4.78, 5) is 9.47. The highest BCUT2D eigenvalue weighted by atomic mass is 19.4. The molecule has 2 N–H and O–H groups in total. The molecule has 2 unspecified atom stereocenters. The summed E-state index contributed by atoms with van der Waals surface area (Å²) >= 11 is 0. The van der Waals surface area contributed by atoms with Crippen molar-refractivity contribution >= 4 is 5.96 Å². The van der Waals surface area contributed by atoms with Crippen LogP contribution in [0.2, 0.25) is 0 Å². The summed E-state index contributed by atoms with van der Waals surface area (Å²) in [5.74, 6) is 0.906. The van der Waals surface area contributed by atoms with Crippen LogP contribution in [-0.2, 0) is 6.18 Å². The molecule has 1 aliphatic rings. The van der Waals surface area contributed by atoms with Gasteiger partial charge in [0.15, 0.2) is 5.96 Å². The van der Waals surface area contributed by atoms with Crippen LogP contribution < -0.4 is 15.4 Å². The highest BCUT2D eigenvalue weighted by molar-refractivity contribution is 5.79. The zero-order valence-electron chi connectivity index (χ0n) is 19.0. The first-order chi connectivity index (χ1) is 14.7. The number of guanidine groups is 1. The zero-order valence-corrected chi connectivity index (χ0v) is 19.0. The highest BCUT2D eigenvalue weighted by Gasteiger charge is 2.30. The second-order valence-corrected chi connectivity index (χ2v) is 7.96. The number of nitrogens with one attached hydrogen (secondary N) is 2. The predicted octanol–water partition coefficient (Wildman–Crippen LogP) is 3.05. The van der Waals surface area contributed by atoms with E-state index in [1.54, 1.807) is 6.07 Å².